The third-order valence-electron chi connectivity index (χ3n) is 3.65. The Kier molecular flexibility index (Phi) is 2.52. The molecule has 1 aliphatic rings. The van der Waals surface area contributed by atoms with E-state index in [1.807, 2.05) is 24.5 Å². The highest BCUT2D eigenvalue weighted by atomic mass is 15.2. The van der Waals surface area contributed by atoms with Gasteiger partial charge in [-0.05, 0) is 38.1 Å². The maximum absolute atomic E-state index is 5.79. The molecule has 2 N–H and O–H groups in total. The topological polar surface area (TPSA) is 46.6 Å². The molecule has 90 valence electrons. The van der Waals surface area contributed by atoms with Gasteiger partial charge in [0.05, 0.1) is 17.8 Å². The molecule has 4 heteroatoms. The average Bonchev–Trinajstić information content (AvgIpc) is 2.92. The van der Waals surface area contributed by atoms with E-state index in [0.29, 0.717) is 6.04 Å². The number of nitrogens with two attached hydrogens (primary N) is 1. The van der Waals surface area contributed by atoms with Gasteiger partial charge in [0, 0.05) is 11.9 Å². The molecule has 0 aliphatic carbocycles. The van der Waals surface area contributed by atoms with Crippen LogP contribution in [0.5, 0.6) is 0 Å². The van der Waals surface area contributed by atoms with E-state index in [0.717, 1.165) is 23.6 Å². The van der Waals surface area contributed by atoms with E-state index in [2.05, 4.69) is 21.2 Å². The SMILES string of the molecule is CCN1CCCC1c1ncc2cc(N)ccn12. The Bertz CT molecular complexity index is 531. The monoisotopic (exact) mass is 230 g/mol. The minimum absolute atomic E-state index is 0.464. The molecule has 0 saturated carbocycles. The van der Waals surface area contributed by atoms with Crippen LogP contribution in [0, 0.1) is 0 Å². The lowest BCUT2D eigenvalue weighted by Gasteiger charge is -2.21. The molecule has 1 saturated heterocycles. The smallest absolute Gasteiger partial charge is 0.130 e. The Hall–Kier alpha value is -1.55. The third kappa shape index (κ3) is 1.69. The Morgan fingerprint density at radius 1 is 1.53 bits per heavy atom. The predicted molar refractivity (Wildman–Crippen MR) is 68.8 cm³/mol. The minimum atomic E-state index is 0.464. The van der Waals surface area contributed by atoms with Crippen LogP contribution in [0.1, 0.15) is 31.6 Å². The number of fused-ring (bicyclic) bond motifs is 1. The summed E-state index contributed by atoms with van der Waals surface area (Å²) in [5, 5.41) is 0. The van der Waals surface area contributed by atoms with Crippen molar-refractivity contribution >= 4 is 11.2 Å². The van der Waals surface area contributed by atoms with Crippen LogP contribution < -0.4 is 5.73 Å². The first-order valence-corrected chi connectivity index (χ1v) is 6.26. The van der Waals surface area contributed by atoms with E-state index in [-0.39, 0.29) is 0 Å². The first-order valence-electron chi connectivity index (χ1n) is 6.26. The summed E-state index contributed by atoms with van der Waals surface area (Å²) >= 11 is 0. The van der Waals surface area contributed by atoms with Crippen LogP contribution in [0.2, 0.25) is 0 Å². The zero-order chi connectivity index (χ0) is 11.8. The summed E-state index contributed by atoms with van der Waals surface area (Å²) in [5.41, 5.74) is 7.67. The van der Waals surface area contributed by atoms with Gasteiger partial charge in [-0.25, -0.2) is 4.98 Å². The molecule has 3 rings (SSSR count). The second-order valence-corrected chi connectivity index (χ2v) is 4.66. The molecule has 2 aromatic rings. The maximum Gasteiger partial charge on any atom is 0.130 e. The van der Waals surface area contributed by atoms with Crippen molar-refractivity contribution in [2.24, 2.45) is 0 Å². The van der Waals surface area contributed by atoms with E-state index in [1.165, 1.54) is 19.4 Å². The number of anilines is 1. The molecule has 1 fully saturated rings. The van der Waals surface area contributed by atoms with Crippen LogP contribution in [0.15, 0.2) is 24.5 Å². The minimum Gasteiger partial charge on any atom is -0.399 e. The first kappa shape index (κ1) is 10.6. The standard InChI is InChI=1S/C13H18N4/c1-2-16-6-3-4-12(16)13-15-9-11-8-10(14)5-7-17(11)13/h5,7-9,12H,2-4,6,14H2,1H3. The molecule has 2 aromatic heterocycles. The highest BCUT2D eigenvalue weighted by Gasteiger charge is 2.27. The fraction of sp³-hybridized carbons (Fsp3) is 0.462. The summed E-state index contributed by atoms with van der Waals surface area (Å²) in [6.07, 6.45) is 6.41. The number of rotatable bonds is 2. The van der Waals surface area contributed by atoms with Gasteiger partial charge >= 0.3 is 0 Å². The molecule has 0 spiro atoms. The fourth-order valence-electron chi connectivity index (χ4n) is 2.78. The molecule has 0 bridgehead atoms. The van der Waals surface area contributed by atoms with Crippen molar-refractivity contribution in [2.75, 3.05) is 18.8 Å². The van der Waals surface area contributed by atoms with Gasteiger partial charge in [0.2, 0.25) is 0 Å². The molecular weight excluding hydrogens is 212 g/mol. The quantitative estimate of drug-likeness (QED) is 0.859. The number of hydrogen-bond acceptors (Lipinski definition) is 3. The highest BCUT2D eigenvalue weighted by molar-refractivity contribution is 5.56. The number of aromatic nitrogens is 2. The molecule has 0 aromatic carbocycles. The van der Waals surface area contributed by atoms with Crippen molar-refractivity contribution in [1.82, 2.24) is 14.3 Å². The van der Waals surface area contributed by atoms with Gasteiger partial charge < -0.3 is 10.1 Å². The Morgan fingerprint density at radius 3 is 3.24 bits per heavy atom. The number of hydrogen-bond donors (Lipinski definition) is 1. The van der Waals surface area contributed by atoms with Crippen molar-refractivity contribution in [3.05, 3.63) is 30.4 Å². The molecular formula is C13H18N4. The second kappa shape index (κ2) is 4.04. The molecule has 3 heterocycles. The van der Waals surface area contributed by atoms with Crippen molar-refractivity contribution < 1.29 is 0 Å². The third-order valence-corrected chi connectivity index (χ3v) is 3.65. The summed E-state index contributed by atoms with van der Waals surface area (Å²) in [5.74, 6) is 1.15. The molecule has 0 amide bonds. The van der Waals surface area contributed by atoms with E-state index in [4.69, 9.17) is 5.73 Å². The van der Waals surface area contributed by atoms with Gasteiger partial charge in [-0.2, -0.15) is 0 Å². The van der Waals surface area contributed by atoms with Crippen LogP contribution in [0.25, 0.3) is 5.52 Å². The van der Waals surface area contributed by atoms with Gasteiger partial charge in [-0.3, -0.25) is 4.90 Å². The van der Waals surface area contributed by atoms with Crippen LogP contribution in [0.4, 0.5) is 5.69 Å². The van der Waals surface area contributed by atoms with Gasteiger partial charge in [0.1, 0.15) is 5.82 Å². The summed E-state index contributed by atoms with van der Waals surface area (Å²) in [4.78, 5) is 7.07. The Morgan fingerprint density at radius 2 is 2.41 bits per heavy atom. The fourth-order valence-corrected chi connectivity index (χ4v) is 2.78. The molecule has 4 nitrogen and oxygen atoms in total. The summed E-state index contributed by atoms with van der Waals surface area (Å²) < 4.78 is 2.16. The largest absolute Gasteiger partial charge is 0.399 e. The Labute approximate surface area is 101 Å². The van der Waals surface area contributed by atoms with E-state index < -0.39 is 0 Å². The van der Waals surface area contributed by atoms with Crippen molar-refractivity contribution in [1.29, 1.82) is 0 Å². The lowest BCUT2D eigenvalue weighted by molar-refractivity contribution is 0.261. The molecule has 1 aliphatic heterocycles. The van der Waals surface area contributed by atoms with Crippen LogP contribution in [0.3, 0.4) is 0 Å². The summed E-state index contributed by atoms with van der Waals surface area (Å²) in [6, 6.07) is 4.37. The van der Waals surface area contributed by atoms with Gasteiger partial charge in [-0.1, -0.05) is 6.92 Å². The zero-order valence-corrected chi connectivity index (χ0v) is 10.1. The van der Waals surface area contributed by atoms with Gasteiger partial charge in [-0.15, -0.1) is 0 Å². The van der Waals surface area contributed by atoms with Crippen LogP contribution in [-0.2, 0) is 0 Å². The lowest BCUT2D eigenvalue weighted by Crippen LogP contribution is -2.24. The van der Waals surface area contributed by atoms with Crippen molar-refractivity contribution in [3.63, 3.8) is 0 Å². The van der Waals surface area contributed by atoms with Gasteiger partial charge in [0.25, 0.3) is 0 Å². The van der Waals surface area contributed by atoms with Crippen molar-refractivity contribution in [2.45, 2.75) is 25.8 Å². The highest BCUT2D eigenvalue weighted by Crippen LogP contribution is 2.31. The number of likely N-dealkylation sites (tertiary alicyclic amines) is 1. The molecule has 1 atom stereocenters. The first-order chi connectivity index (χ1) is 8.29. The summed E-state index contributed by atoms with van der Waals surface area (Å²) in [7, 11) is 0. The maximum atomic E-state index is 5.79. The number of nitrogen functional groups attached to an aromatic ring is 1. The van der Waals surface area contributed by atoms with E-state index in [9.17, 15) is 0 Å². The van der Waals surface area contributed by atoms with Gasteiger partial charge in [0.15, 0.2) is 0 Å². The number of nitrogens with zero attached hydrogens (tertiary/aromatic N) is 3. The normalized spacial score (nSPS) is 21.4. The number of pyridine rings is 1. The van der Waals surface area contributed by atoms with Crippen LogP contribution >= 0.6 is 0 Å². The lowest BCUT2D eigenvalue weighted by atomic mass is 10.2. The molecule has 17 heavy (non-hydrogen) atoms. The molecule has 1 unspecified atom stereocenters. The predicted octanol–water partition coefficient (Wildman–Crippen LogP) is 2.07. The second-order valence-electron chi connectivity index (χ2n) is 4.66. The van der Waals surface area contributed by atoms with Crippen LogP contribution in [-0.4, -0.2) is 27.4 Å². The van der Waals surface area contributed by atoms with E-state index >= 15 is 0 Å². The average molecular weight is 230 g/mol. The molecule has 0 radical (unpaired) electrons. The number of imidazole rings is 1. The summed E-state index contributed by atoms with van der Waals surface area (Å²) in [6.45, 7) is 4.49. The van der Waals surface area contributed by atoms with E-state index in [1.54, 1.807) is 0 Å². The van der Waals surface area contributed by atoms with Crippen molar-refractivity contribution in [3.8, 4) is 0 Å². The zero-order valence-electron chi connectivity index (χ0n) is 10.1. The Balaban J connectivity index is 2.05.